The van der Waals surface area contributed by atoms with E-state index >= 15 is 0 Å². The summed E-state index contributed by atoms with van der Waals surface area (Å²) in [5, 5.41) is 92.7. The zero-order valence-electron chi connectivity index (χ0n) is 18.7. The molecule has 0 aromatic carbocycles. The third kappa shape index (κ3) is 5.91. The molecule has 0 spiro atoms. The molecule has 10 N–H and O–H groups in total. The minimum atomic E-state index is -1.88. The fourth-order valence-electron chi connectivity index (χ4n) is 4.26. The number of aliphatic hydroxyl groups excluding tert-OH is 9. The first-order valence-corrected chi connectivity index (χ1v) is 11.0. The van der Waals surface area contributed by atoms with Gasteiger partial charge in [0, 0.05) is 6.92 Å². The Morgan fingerprint density at radius 3 is 1.69 bits per heavy atom. The Balaban J connectivity index is 1.75. The molecule has 1 amide bonds. The lowest BCUT2D eigenvalue weighted by Gasteiger charge is -2.47. The quantitative estimate of drug-likeness (QED) is 0.144. The number of ether oxygens (including phenoxy) is 5. The topological polar surface area (TPSA) is 257 Å². The molecule has 35 heavy (non-hydrogen) atoms. The van der Waals surface area contributed by atoms with Gasteiger partial charge >= 0.3 is 0 Å². The van der Waals surface area contributed by atoms with Gasteiger partial charge in [-0.25, -0.2) is 0 Å². The Bertz CT molecular complexity index is 699. The second-order valence-electron chi connectivity index (χ2n) is 8.58. The van der Waals surface area contributed by atoms with Crippen molar-refractivity contribution in [3.63, 3.8) is 0 Å². The van der Waals surface area contributed by atoms with Crippen LogP contribution in [0.2, 0.25) is 0 Å². The molecule has 0 aromatic heterocycles. The van der Waals surface area contributed by atoms with Gasteiger partial charge in [-0.15, -0.1) is 0 Å². The van der Waals surface area contributed by atoms with Gasteiger partial charge in [0.25, 0.3) is 0 Å². The number of amides is 1. The van der Waals surface area contributed by atoms with E-state index in [4.69, 9.17) is 23.7 Å². The number of carbonyl (C=O) groups is 1. The van der Waals surface area contributed by atoms with Crippen molar-refractivity contribution in [2.45, 2.75) is 92.9 Å². The van der Waals surface area contributed by atoms with Crippen LogP contribution in [0.25, 0.3) is 0 Å². The van der Waals surface area contributed by atoms with Crippen molar-refractivity contribution >= 4 is 5.91 Å². The van der Waals surface area contributed by atoms with Gasteiger partial charge in [0.2, 0.25) is 5.91 Å². The zero-order valence-corrected chi connectivity index (χ0v) is 18.7. The zero-order chi connectivity index (χ0) is 26.0. The summed E-state index contributed by atoms with van der Waals surface area (Å²) in [5.41, 5.74) is 0. The van der Waals surface area contributed by atoms with E-state index in [1.54, 1.807) is 0 Å². The molecule has 3 fully saturated rings. The minimum Gasteiger partial charge on any atom is -0.394 e. The molecule has 14 atom stereocenters. The Hall–Kier alpha value is -1.09. The fourth-order valence-corrected chi connectivity index (χ4v) is 4.26. The van der Waals surface area contributed by atoms with Gasteiger partial charge in [-0.3, -0.25) is 4.79 Å². The van der Waals surface area contributed by atoms with Gasteiger partial charge in [0.1, 0.15) is 67.1 Å². The van der Waals surface area contributed by atoms with Crippen LogP contribution < -0.4 is 5.32 Å². The lowest BCUT2D eigenvalue weighted by atomic mass is 9.95. The van der Waals surface area contributed by atoms with Crippen molar-refractivity contribution in [3.05, 3.63) is 0 Å². The molecule has 0 unspecified atom stereocenters. The van der Waals surface area contributed by atoms with Crippen molar-refractivity contribution < 1.29 is 74.4 Å². The second kappa shape index (κ2) is 12.0. The molecule has 0 aromatic rings. The Labute approximate surface area is 199 Å². The molecular formula is C19H33NO15. The molecule has 3 rings (SSSR count). The molecule has 0 aliphatic carbocycles. The number of hydrogen-bond acceptors (Lipinski definition) is 15. The summed E-state index contributed by atoms with van der Waals surface area (Å²) >= 11 is 0. The summed E-state index contributed by atoms with van der Waals surface area (Å²) in [4.78, 5) is 11.6. The number of nitrogens with one attached hydrogen (secondary N) is 1. The Morgan fingerprint density at radius 2 is 1.17 bits per heavy atom. The largest absolute Gasteiger partial charge is 0.394 e. The highest BCUT2D eigenvalue weighted by atomic mass is 16.7. The van der Waals surface area contributed by atoms with E-state index in [-0.39, 0.29) is 0 Å². The van der Waals surface area contributed by atoms with Crippen molar-refractivity contribution in [2.75, 3.05) is 19.8 Å². The lowest BCUT2D eigenvalue weighted by molar-refractivity contribution is -0.356. The SMILES string of the molecule is CC(=O)N[C@@H]1[C@@H](O[C@@H]2O[C@H](CO)[C@H](O[C@@H]3O[C@H](CO)[C@@H](O)[C@H]3O)[C@H](O)[C@H]2O)[C@@H](O)[C@@H](CO)O[C@@H]1O. The van der Waals surface area contributed by atoms with E-state index in [9.17, 15) is 50.8 Å². The summed E-state index contributed by atoms with van der Waals surface area (Å²) in [6.45, 7) is -1.00. The maximum absolute atomic E-state index is 11.6. The Morgan fingerprint density at radius 1 is 0.686 bits per heavy atom. The molecule has 3 aliphatic rings. The van der Waals surface area contributed by atoms with Crippen LogP contribution in [-0.2, 0) is 28.5 Å². The van der Waals surface area contributed by atoms with Crippen LogP contribution in [0.1, 0.15) is 6.92 Å². The smallest absolute Gasteiger partial charge is 0.217 e. The molecule has 0 bridgehead atoms. The van der Waals surface area contributed by atoms with Crippen LogP contribution in [0.15, 0.2) is 0 Å². The summed E-state index contributed by atoms with van der Waals surface area (Å²) < 4.78 is 26.8. The predicted octanol–water partition coefficient (Wildman–Crippen LogP) is -6.79. The Kier molecular flexibility index (Phi) is 9.74. The molecule has 16 heteroatoms. The predicted molar refractivity (Wildman–Crippen MR) is 107 cm³/mol. The van der Waals surface area contributed by atoms with Crippen molar-refractivity contribution in [1.82, 2.24) is 5.32 Å². The second-order valence-corrected chi connectivity index (χ2v) is 8.58. The van der Waals surface area contributed by atoms with Crippen LogP contribution >= 0.6 is 0 Å². The molecule has 16 nitrogen and oxygen atoms in total. The van der Waals surface area contributed by atoms with Crippen LogP contribution in [0, 0.1) is 0 Å². The van der Waals surface area contributed by atoms with E-state index in [0.29, 0.717) is 0 Å². The maximum Gasteiger partial charge on any atom is 0.217 e. The van der Waals surface area contributed by atoms with Crippen molar-refractivity contribution in [3.8, 4) is 0 Å². The molecule has 3 saturated heterocycles. The van der Waals surface area contributed by atoms with Crippen molar-refractivity contribution in [2.24, 2.45) is 0 Å². The van der Waals surface area contributed by atoms with E-state index in [1.807, 2.05) is 0 Å². The van der Waals surface area contributed by atoms with E-state index in [2.05, 4.69) is 5.32 Å². The van der Waals surface area contributed by atoms with Gasteiger partial charge in [-0.1, -0.05) is 0 Å². The van der Waals surface area contributed by atoms with E-state index in [1.165, 1.54) is 0 Å². The number of hydrogen-bond donors (Lipinski definition) is 10. The van der Waals surface area contributed by atoms with E-state index in [0.717, 1.165) is 6.92 Å². The van der Waals surface area contributed by atoms with Gasteiger partial charge in [-0.05, 0) is 0 Å². The van der Waals surface area contributed by atoms with Crippen LogP contribution in [-0.4, -0.2) is 158 Å². The lowest BCUT2D eigenvalue weighted by Crippen LogP contribution is -2.68. The number of carbonyl (C=O) groups excluding carboxylic acids is 1. The van der Waals surface area contributed by atoms with Gasteiger partial charge < -0.3 is 75.0 Å². The summed E-state index contributed by atoms with van der Waals surface area (Å²) in [6, 6.07) is -1.36. The number of aliphatic hydroxyl groups is 9. The first kappa shape index (κ1) is 28.5. The molecular weight excluding hydrogens is 482 g/mol. The fraction of sp³-hybridized carbons (Fsp3) is 0.947. The summed E-state index contributed by atoms with van der Waals surface area (Å²) in [7, 11) is 0. The number of rotatable bonds is 8. The van der Waals surface area contributed by atoms with E-state index < -0.39 is 112 Å². The molecule has 204 valence electrons. The third-order valence-corrected chi connectivity index (χ3v) is 6.14. The van der Waals surface area contributed by atoms with Gasteiger partial charge in [0.15, 0.2) is 18.9 Å². The van der Waals surface area contributed by atoms with Crippen LogP contribution in [0.5, 0.6) is 0 Å². The third-order valence-electron chi connectivity index (χ3n) is 6.14. The highest BCUT2D eigenvalue weighted by Gasteiger charge is 2.53. The molecule has 0 radical (unpaired) electrons. The average Bonchev–Trinajstić information content (AvgIpc) is 3.10. The van der Waals surface area contributed by atoms with Gasteiger partial charge in [0.05, 0.1) is 19.8 Å². The highest BCUT2D eigenvalue weighted by molar-refractivity contribution is 5.73. The maximum atomic E-state index is 11.6. The highest BCUT2D eigenvalue weighted by Crippen LogP contribution is 2.32. The summed E-state index contributed by atoms with van der Waals surface area (Å²) in [5.74, 6) is -0.619. The minimum absolute atomic E-state index is 0.619. The monoisotopic (exact) mass is 515 g/mol. The molecule has 3 heterocycles. The normalized spacial score (nSPS) is 48.6. The first-order valence-electron chi connectivity index (χ1n) is 11.0. The summed E-state index contributed by atoms with van der Waals surface area (Å²) in [6.07, 6.45) is -20.3. The van der Waals surface area contributed by atoms with Crippen LogP contribution in [0.3, 0.4) is 0 Å². The standard InChI is InChI=1S/C19H33NO15/c1-5(24)20-9-16(11(26)7(3-22)31-17(9)30)35-19-14(29)12(27)15(8(4-23)33-19)34-18-13(28)10(25)6(2-21)32-18/h6-19,21-23,25-30H,2-4H2,1H3,(H,20,24)/t6-,7-,8-,9-,10-,11+,12-,13-,14-,15+,16-,17+,18+,19+/m1/s1. The first-order chi connectivity index (χ1) is 16.5. The molecule has 0 saturated carbocycles. The molecule has 3 aliphatic heterocycles. The van der Waals surface area contributed by atoms with Crippen LogP contribution in [0.4, 0.5) is 0 Å². The van der Waals surface area contributed by atoms with Gasteiger partial charge in [-0.2, -0.15) is 0 Å². The average molecular weight is 515 g/mol. The van der Waals surface area contributed by atoms with Crippen molar-refractivity contribution in [1.29, 1.82) is 0 Å².